The number of hydrogen-bond donors (Lipinski definition) is 2. The van der Waals surface area contributed by atoms with Crippen molar-refractivity contribution >= 4 is 23.0 Å². The van der Waals surface area contributed by atoms with Crippen LogP contribution in [-0.4, -0.2) is 32.5 Å². The summed E-state index contributed by atoms with van der Waals surface area (Å²) >= 11 is 6.11. The predicted octanol–water partition coefficient (Wildman–Crippen LogP) is 2.22. The van der Waals surface area contributed by atoms with Crippen molar-refractivity contribution < 1.29 is 10.0 Å². The van der Waals surface area contributed by atoms with Crippen molar-refractivity contribution in [1.29, 1.82) is 0 Å². The van der Waals surface area contributed by atoms with E-state index >= 15 is 0 Å². The molecule has 0 spiro atoms. The second-order valence-electron chi connectivity index (χ2n) is 5.54. The number of anilines is 1. The van der Waals surface area contributed by atoms with Crippen molar-refractivity contribution in [3.05, 3.63) is 56.0 Å². The summed E-state index contributed by atoms with van der Waals surface area (Å²) in [6.07, 6.45) is 1.39. The van der Waals surface area contributed by atoms with Crippen LogP contribution in [0.4, 0.5) is 11.4 Å². The Morgan fingerprint density at radius 3 is 2.50 bits per heavy atom. The fraction of sp³-hybridized carbons (Fsp3) is 0.333. The minimum atomic E-state index is -0.559. The average Bonchev–Trinajstić information content (AvgIpc) is 2.56. The molecule has 0 fully saturated rings. The first kappa shape index (κ1) is 17.9. The minimum absolute atomic E-state index is 0.0672. The smallest absolute Gasteiger partial charge is 0.292 e. The Morgan fingerprint density at radius 1 is 1.38 bits per heavy atom. The van der Waals surface area contributed by atoms with Crippen molar-refractivity contribution in [2.24, 2.45) is 5.92 Å². The fourth-order valence-electron chi connectivity index (χ4n) is 2.06. The molecule has 0 saturated carbocycles. The Hall–Kier alpha value is -2.45. The van der Waals surface area contributed by atoms with E-state index in [1.54, 1.807) is 0 Å². The van der Waals surface area contributed by atoms with E-state index in [-0.39, 0.29) is 29.3 Å². The molecule has 0 aliphatic rings. The van der Waals surface area contributed by atoms with Crippen molar-refractivity contribution in [2.45, 2.75) is 19.9 Å². The molecule has 0 aliphatic carbocycles. The van der Waals surface area contributed by atoms with Crippen LogP contribution in [-0.2, 0) is 0 Å². The number of halogens is 1. The van der Waals surface area contributed by atoms with Crippen LogP contribution in [0.15, 0.2) is 35.3 Å². The number of nitro benzene ring substituents is 1. The second-order valence-corrected chi connectivity index (χ2v) is 5.92. The van der Waals surface area contributed by atoms with Gasteiger partial charge in [-0.3, -0.25) is 14.9 Å². The standard InChI is InChI=1S/C15H17ClN4O4/c1-9(2)13(8-21)18-12-7-17-19(15(22)14(12)16)10-3-5-11(6-4-10)20(23)24/h3-7,9,13,18,21H,8H2,1-2H3/t13-/m1/s1. The third-order valence-electron chi connectivity index (χ3n) is 3.57. The van der Waals surface area contributed by atoms with Gasteiger partial charge in [-0.2, -0.15) is 9.78 Å². The van der Waals surface area contributed by atoms with Crippen LogP contribution < -0.4 is 10.9 Å². The molecule has 0 unspecified atom stereocenters. The van der Waals surface area contributed by atoms with E-state index in [0.717, 1.165) is 4.68 Å². The Kier molecular flexibility index (Phi) is 5.53. The summed E-state index contributed by atoms with van der Waals surface area (Å²) in [6, 6.07) is 5.13. The molecular formula is C15H17ClN4O4. The molecule has 1 aromatic heterocycles. The number of nitrogens with zero attached hydrogens (tertiary/aromatic N) is 3. The number of aliphatic hydroxyl groups excluding tert-OH is 1. The van der Waals surface area contributed by atoms with Gasteiger partial charge < -0.3 is 10.4 Å². The molecule has 1 aromatic carbocycles. The second kappa shape index (κ2) is 7.41. The number of hydrogen-bond acceptors (Lipinski definition) is 6. The van der Waals surface area contributed by atoms with Gasteiger partial charge in [0.25, 0.3) is 11.2 Å². The highest BCUT2D eigenvalue weighted by Crippen LogP contribution is 2.20. The first-order chi connectivity index (χ1) is 11.3. The molecule has 0 aliphatic heterocycles. The highest BCUT2D eigenvalue weighted by Gasteiger charge is 2.17. The first-order valence-electron chi connectivity index (χ1n) is 7.25. The van der Waals surface area contributed by atoms with E-state index in [1.807, 2.05) is 13.8 Å². The number of non-ortho nitro benzene ring substituents is 1. The number of nitrogens with one attached hydrogen (secondary N) is 1. The van der Waals surface area contributed by atoms with Gasteiger partial charge in [0.1, 0.15) is 5.02 Å². The number of aromatic nitrogens is 2. The molecule has 0 bridgehead atoms. The van der Waals surface area contributed by atoms with Gasteiger partial charge in [0.2, 0.25) is 0 Å². The predicted molar refractivity (Wildman–Crippen MR) is 90.8 cm³/mol. The van der Waals surface area contributed by atoms with E-state index in [2.05, 4.69) is 10.4 Å². The van der Waals surface area contributed by atoms with Crippen LogP contribution in [0.3, 0.4) is 0 Å². The molecule has 2 N–H and O–H groups in total. The minimum Gasteiger partial charge on any atom is -0.394 e. The zero-order chi connectivity index (χ0) is 17.9. The molecule has 8 nitrogen and oxygen atoms in total. The molecule has 128 valence electrons. The van der Waals surface area contributed by atoms with Gasteiger partial charge in [0.05, 0.1) is 35.1 Å². The normalized spacial score (nSPS) is 12.2. The van der Waals surface area contributed by atoms with Gasteiger partial charge in [-0.25, -0.2) is 0 Å². The average molecular weight is 353 g/mol. The molecular weight excluding hydrogens is 336 g/mol. The fourth-order valence-corrected chi connectivity index (χ4v) is 2.24. The maximum Gasteiger partial charge on any atom is 0.292 e. The molecule has 0 radical (unpaired) electrons. The summed E-state index contributed by atoms with van der Waals surface area (Å²) in [7, 11) is 0. The lowest BCUT2D eigenvalue weighted by molar-refractivity contribution is -0.384. The maximum absolute atomic E-state index is 12.4. The lowest BCUT2D eigenvalue weighted by Crippen LogP contribution is -2.31. The molecule has 2 rings (SSSR count). The van der Waals surface area contributed by atoms with Crippen LogP contribution >= 0.6 is 11.6 Å². The van der Waals surface area contributed by atoms with E-state index in [0.29, 0.717) is 11.4 Å². The third-order valence-corrected chi connectivity index (χ3v) is 3.93. The van der Waals surface area contributed by atoms with Crippen LogP contribution in [0.1, 0.15) is 13.8 Å². The van der Waals surface area contributed by atoms with Crippen molar-refractivity contribution in [3.8, 4) is 5.69 Å². The lowest BCUT2D eigenvalue weighted by Gasteiger charge is -2.21. The molecule has 1 heterocycles. The van der Waals surface area contributed by atoms with Crippen molar-refractivity contribution in [3.63, 3.8) is 0 Å². The summed E-state index contributed by atoms with van der Waals surface area (Å²) in [6.45, 7) is 3.74. The topological polar surface area (TPSA) is 110 Å². The highest BCUT2D eigenvalue weighted by molar-refractivity contribution is 6.32. The largest absolute Gasteiger partial charge is 0.394 e. The van der Waals surface area contributed by atoms with Gasteiger partial charge in [-0.15, -0.1) is 0 Å². The van der Waals surface area contributed by atoms with E-state index < -0.39 is 10.5 Å². The van der Waals surface area contributed by atoms with Gasteiger partial charge in [-0.05, 0) is 18.1 Å². The lowest BCUT2D eigenvalue weighted by atomic mass is 10.1. The quantitative estimate of drug-likeness (QED) is 0.609. The SMILES string of the molecule is CC(C)[C@@H](CO)Nc1cnn(-c2ccc([N+](=O)[O-])cc2)c(=O)c1Cl. The van der Waals surface area contributed by atoms with E-state index in [9.17, 15) is 20.0 Å². The van der Waals surface area contributed by atoms with Crippen molar-refractivity contribution in [2.75, 3.05) is 11.9 Å². The molecule has 0 saturated heterocycles. The number of rotatable bonds is 6. The Morgan fingerprint density at radius 2 is 2.00 bits per heavy atom. The van der Waals surface area contributed by atoms with Crippen LogP contribution in [0.2, 0.25) is 5.02 Å². The number of nitro groups is 1. The summed E-state index contributed by atoms with van der Waals surface area (Å²) in [5, 5.41) is 27.0. The molecule has 0 amide bonds. The molecule has 24 heavy (non-hydrogen) atoms. The summed E-state index contributed by atoms with van der Waals surface area (Å²) < 4.78 is 1.06. The van der Waals surface area contributed by atoms with Gasteiger partial charge in [-0.1, -0.05) is 25.4 Å². The summed E-state index contributed by atoms with van der Waals surface area (Å²) in [4.78, 5) is 22.5. The first-order valence-corrected chi connectivity index (χ1v) is 7.63. The maximum atomic E-state index is 12.4. The number of aliphatic hydroxyl groups is 1. The third kappa shape index (κ3) is 3.72. The van der Waals surface area contributed by atoms with Crippen LogP contribution in [0.25, 0.3) is 5.69 Å². The van der Waals surface area contributed by atoms with Crippen LogP contribution in [0.5, 0.6) is 0 Å². The van der Waals surface area contributed by atoms with E-state index in [1.165, 1.54) is 30.5 Å². The van der Waals surface area contributed by atoms with Crippen LogP contribution in [0, 0.1) is 16.0 Å². The number of benzene rings is 1. The summed E-state index contributed by atoms with van der Waals surface area (Å²) in [5.41, 5.74) is 0.0454. The molecule has 1 atom stereocenters. The Bertz CT molecular complexity index is 789. The molecule has 9 heteroatoms. The van der Waals surface area contributed by atoms with Crippen molar-refractivity contribution in [1.82, 2.24) is 9.78 Å². The Labute approximate surface area is 142 Å². The zero-order valence-electron chi connectivity index (χ0n) is 13.1. The highest BCUT2D eigenvalue weighted by atomic mass is 35.5. The van der Waals surface area contributed by atoms with Gasteiger partial charge >= 0.3 is 0 Å². The van der Waals surface area contributed by atoms with E-state index in [4.69, 9.17) is 11.6 Å². The van der Waals surface area contributed by atoms with Gasteiger partial charge in [0.15, 0.2) is 0 Å². The zero-order valence-corrected chi connectivity index (χ0v) is 13.9. The summed E-state index contributed by atoms with van der Waals surface area (Å²) in [5.74, 6) is 0.128. The Balaban J connectivity index is 2.36. The van der Waals surface area contributed by atoms with Gasteiger partial charge in [0, 0.05) is 12.1 Å². The molecule has 2 aromatic rings. The monoisotopic (exact) mass is 352 g/mol.